The lowest BCUT2D eigenvalue weighted by Crippen LogP contribution is -2.19. The molecule has 2 aromatic heterocycles. The van der Waals surface area contributed by atoms with Crippen molar-refractivity contribution in [2.75, 3.05) is 0 Å². The Hall–Kier alpha value is -4.82. The highest BCUT2D eigenvalue weighted by atomic mass is 15.0. The number of nitrogens with one attached hydrogen (secondary N) is 1. The summed E-state index contributed by atoms with van der Waals surface area (Å²) in [4.78, 5) is 3.55. The molecule has 0 radical (unpaired) electrons. The van der Waals surface area contributed by atoms with Gasteiger partial charge in [0.2, 0.25) is 0 Å². The number of para-hydroxylation sites is 2. The van der Waals surface area contributed by atoms with Gasteiger partial charge in [0.05, 0.1) is 11.0 Å². The molecule has 186 valence electrons. The molecule has 1 unspecified atom stereocenters. The van der Waals surface area contributed by atoms with Gasteiger partial charge in [0.1, 0.15) is 0 Å². The number of aromatic nitrogens is 2. The van der Waals surface area contributed by atoms with Gasteiger partial charge < -0.3 is 9.55 Å². The van der Waals surface area contributed by atoms with Crippen LogP contribution >= 0.6 is 0 Å². The first-order valence-electron chi connectivity index (χ1n) is 13.7. The van der Waals surface area contributed by atoms with Crippen molar-refractivity contribution in [2.24, 2.45) is 0 Å². The molecule has 0 amide bonds. The summed E-state index contributed by atoms with van der Waals surface area (Å²) < 4.78 is 2.40. The van der Waals surface area contributed by atoms with E-state index < -0.39 is 0 Å². The van der Waals surface area contributed by atoms with E-state index in [4.69, 9.17) is 0 Å². The van der Waals surface area contributed by atoms with Gasteiger partial charge in [-0.15, -0.1) is 0 Å². The van der Waals surface area contributed by atoms with Gasteiger partial charge in [-0.3, -0.25) is 0 Å². The van der Waals surface area contributed by atoms with Crippen LogP contribution in [-0.2, 0) is 5.41 Å². The number of nitrogens with zero attached hydrogens (tertiary/aromatic N) is 1. The minimum absolute atomic E-state index is 0.0505. The maximum Gasteiger partial charge on any atom is 0.0541 e. The second kappa shape index (κ2) is 8.34. The number of H-pyrrole nitrogens is 1. The smallest absolute Gasteiger partial charge is 0.0541 e. The van der Waals surface area contributed by atoms with Crippen LogP contribution < -0.4 is 0 Å². The van der Waals surface area contributed by atoms with Crippen LogP contribution in [0.3, 0.4) is 0 Å². The zero-order chi connectivity index (χ0) is 26.0. The fourth-order valence-corrected chi connectivity index (χ4v) is 6.39. The standard InChI is InChI=1S/C37H28N2/c1-37(21-7-2-8-22-37)27-15-17-28(18-16-27)39-35-12-6-4-10-30(35)32-24-26(14-20-36(32)39)25-13-19-34-31(23-25)29-9-3-5-11-33(29)38-34/h2-21,23-24,38H,22H2,1H3. The first kappa shape index (κ1) is 22.2. The Kier molecular flexibility index (Phi) is 4.75. The molecule has 39 heavy (non-hydrogen) atoms. The maximum atomic E-state index is 3.55. The Morgan fingerprint density at radius 3 is 2.13 bits per heavy atom. The Balaban J connectivity index is 1.27. The Labute approximate surface area is 227 Å². The van der Waals surface area contributed by atoms with Crippen molar-refractivity contribution >= 4 is 43.6 Å². The summed E-state index contributed by atoms with van der Waals surface area (Å²) in [5.74, 6) is 0. The molecular formula is C37H28N2. The van der Waals surface area contributed by atoms with Crippen molar-refractivity contribution in [1.29, 1.82) is 0 Å². The third kappa shape index (κ3) is 3.42. The molecule has 1 aliphatic rings. The monoisotopic (exact) mass is 500 g/mol. The molecule has 0 fully saturated rings. The second-order valence-electron chi connectivity index (χ2n) is 11.0. The number of fused-ring (bicyclic) bond motifs is 6. The lowest BCUT2D eigenvalue weighted by molar-refractivity contribution is 0.600. The first-order chi connectivity index (χ1) is 19.2. The van der Waals surface area contributed by atoms with Crippen LogP contribution in [0.15, 0.2) is 133 Å². The van der Waals surface area contributed by atoms with Crippen molar-refractivity contribution in [1.82, 2.24) is 9.55 Å². The van der Waals surface area contributed by atoms with Gasteiger partial charge in [-0.1, -0.05) is 91.9 Å². The number of allylic oxidation sites excluding steroid dienone is 4. The Morgan fingerprint density at radius 1 is 0.615 bits per heavy atom. The summed E-state index contributed by atoms with van der Waals surface area (Å²) in [5.41, 5.74) is 9.88. The van der Waals surface area contributed by atoms with Crippen molar-refractivity contribution < 1.29 is 0 Å². The van der Waals surface area contributed by atoms with E-state index in [1.807, 2.05) is 0 Å². The van der Waals surface area contributed by atoms with Crippen LogP contribution in [0.5, 0.6) is 0 Å². The van der Waals surface area contributed by atoms with Gasteiger partial charge >= 0.3 is 0 Å². The fourth-order valence-electron chi connectivity index (χ4n) is 6.39. The van der Waals surface area contributed by atoms with E-state index in [-0.39, 0.29) is 5.41 Å². The Morgan fingerprint density at radius 2 is 1.31 bits per heavy atom. The van der Waals surface area contributed by atoms with E-state index in [2.05, 4.69) is 150 Å². The molecule has 8 rings (SSSR count). The molecule has 2 nitrogen and oxygen atoms in total. The van der Waals surface area contributed by atoms with E-state index in [1.165, 1.54) is 66.0 Å². The second-order valence-corrected chi connectivity index (χ2v) is 11.0. The predicted octanol–water partition coefficient (Wildman–Crippen LogP) is 9.86. The Bertz CT molecular complexity index is 2100. The van der Waals surface area contributed by atoms with Gasteiger partial charge in [0.15, 0.2) is 0 Å². The molecule has 0 bridgehead atoms. The summed E-state index contributed by atoms with van der Waals surface area (Å²) in [5, 5.41) is 5.09. The zero-order valence-corrected chi connectivity index (χ0v) is 21.9. The van der Waals surface area contributed by atoms with Crippen LogP contribution in [0.25, 0.3) is 60.4 Å². The molecule has 7 aromatic rings. The quantitative estimate of drug-likeness (QED) is 0.249. The number of aromatic amines is 1. The SMILES string of the molecule is CC1(c2ccc(-n3c4ccccc4c4cc(-c5ccc6[nH]c7ccccc7c6c5)ccc43)cc2)C=CC=CC1. The molecule has 2 heteroatoms. The largest absolute Gasteiger partial charge is 0.355 e. The van der Waals surface area contributed by atoms with Crippen LogP contribution in [0.1, 0.15) is 18.9 Å². The molecule has 0 aliphatic heterocycles. The van der Waals surface area contributed by atoms with Crippen molar-refractivity contribution in [3.8, 4) is 16.8 Å². The highest BCUT2D eigenvalue weighted by Crippen LogP contribution is 2.38. The van der Waals surface area contributed by atoms with E-state index in [0.717, 1.165) is 6.42 Å². The highest BCUT2D eigenvalue weighted by molar-refractivity contribution is 6.11. The molecule has 1 N–H and O–H groups in total. The molecule has 0 spiro atoms. The van der Waals surface area contributed by atoms with Crippen LogP contribution in [0.2, 0.25) is 0 Å². The van der Waals surface area contributed by atoms with Crippen LogP contribution in [0, 0.1) is 0 Å². The van der Waals surface area contributed by atoms with Crippen molar-refractivity contribution in [2.45, 2.75) is 18.8 Å². The maximum absolute atomic E-state index is 3.55. The van der Waals surface area contributed by atoms with Gasteiger partial charge in [-0.2, -0.15) is 0 Å². The zero-order valence-electron chi connectivity index (χ0n) is 21.9. The van der Waals surface area contributed by atoms with Gasteiger partial charge in [0.25, 0.3) is 0 Å². The lowest BCUT2D eigenvalue weighted by atomic mass is 9.77. The van der Waals surface area contributed by atoms with E-state index in [9.17, 15) is 0 Å². The summed E-state index contributed by atoms with van der Waals surface area (Å²) in [6, 6.07) is 40.1. The van der Waals surface area contributed by atoms with Crippen molar-refractivity contribution in [3.63, 3.8) is 0 Å². The molecule has 0 saturated heterocycles. The van der Waals surface area contributed by atoms with Gasteiger partial charge in [0, 0.05) is 43.7 Å². The minimum atomic E-state index is 0.0505. The summed E-state index contributed by atoms with van der Waals surface area (Å²) >= 11 is 0. The van der Waals surface area contributed by atoms with Crippen LogP contribution in [0.4, 0.5) is 0 Å². The molecule has 0 saturated carbocycles. The van der Waals surface area contributed by atoms with Crippen LogP contribution in [-0.4, -0.2) is 9.55 Å². The topological polar surface area (TPSA) is 20.7 Å². The van der Waals surface area contributed by atoms with E-state index in [1.54, 1.807) is 0 Å². The highest BCUT2D eigenvalue weighted by Gasteiger charge is 2.23. The summed E-state index contributed by atoms with van der Waals surface area (Å²) in [6.07, 6.45) is 9.91. The molecule has 5 aromatic carbocycles. The average Bonchev–Trinajstić information content (AvgIpc) is 3.52. The number of hydrogen-bond donors (Lipinski definition) is 1. The van der Waals surface area contributed by atoms with Gasteiger partial charge in [-0.05, 0) is 71.6 Å². The molecule has 2 heterocycles. The van der Waals surface area contributed by atoms with Gasteiger partial charge in [-0.25, -0.2) is 0 Å². The number of hydrogen-bond acceptors (Lipinski definition) is 0. The minimum Gasteiger partial charge on any atom is -0.355 e. The molecular weight excluding hydrogens is 472 g/mol. The third-order valence-electron chi connectivity index (χ3n) is 8.55. The predicted molar refractivity (Wildman–Crippen MR) is 166 cm³/mol. The van der Waals surface area contributed by atoms with E-state index in [0.29, 0.717) is 0 Å². The normalized spacial score (nSPS) is 17.2. The third-order valence-corrected chi connectivity index (χ3v) is 8.55. The van der Waals surface area contributed by atoms with Crippen molar-refractivity contribution in [3.05, 3.63) is 139 Å². The summed E-state index contributed by atoms with van der Waals surface area (Å²) in [6.45, 7) is 2.32. The molecule has 1 atom stereocenters. The van der Waals surface area contributed by atoms with E-state index >= 15 is 0 Å². The first-order valence-corrected chi connectivity index (χ1v) is 13.7. The average molecular weight is 501 g/mol. The summed E-state index contributed by atoms with van der Waals surface area (Å²) in [7, 11) is 0. The number of rotatable bonds is 3. The number of benzene rings is 5. The molecule has 1 aliphatic carbocycles. The fraction of sp³-hybridized carbons (Fsp3) is 0.0811. The lowest BCUT2D eigenvalue weighted by Gasteiger charge is -2.27.